The average molecular weight is 305 g/mol. The zero-order valence-electron chi connectivity index (χ0n) is 7.13. The fourth-order valence-corrected chi connectivity index (χ4v) is 1.59. The zero-order chi connectivity index (χ0) is 9.68. The second-order valence-electron chi connectivity index (χ2n) is 2.66. The van der Waals surface area contributed by atoms with Crippen molar-refractivity contribution < 1.29 is 0 Å². The number of allylic oxidation sites excluding steroid dienone is 1. The van der Waals surface area contributed by atoms with E-state index in [-0.39, 0.29) is 0 Å². The molecule has 0 bridgehead atoms. The van der Waals surface area contributed by atoms with Crippen LogP contribution in [0.3, 0.4) is 0 Å². The van der Waals surface area contributed by atoms with Gasteiger partial charge in [-0.1, -0.05) is 34.1 Å². The normalized spacial score (nSPS) is 10.9. The lowest BCUT2D eigenvalue weighted by molar-refractivity contribution is 1.27. The summed E-state index contributed by atoms with van der Waals surface area (Å²) >= 11 is 6.76. The van der Waals surface area contributed by atoms with E-state index >= 15 is 0 Å². The minimum atomic E-state index is 0.776. The largest absolute Gasteiger partial charge is 0.398 e. The number of alkyl halides is 1. The molecule has 0 aliphatic rings. The van der Waals surface area contributed by atoms with E-state index in [1.54, 1.807) is 0 Å². The van der Waals surface area contributed by atoms with Crippen LogP contribution in [-0.2, 0) is 0 Å². The van der Waals surface area contributed by atoms with Crippen molar-refractivity contribution in [1.29, 1.82) is 0 Å². The van der Waals surface area contributed by atoms with Crippen LogP contribution in [0.2, 0.25) is 0 Å². The van der Waals surface area contributed by atoms with Crippen LogP contribution in [0, 0.1) is 0 Å². The Labute approximate surface area is 95.3 Å². The topological polar surface area (TPSA) is 26.0 Å². The van der Waals surface area contributed by atoms with Crippen molar-refractivity contribution in [3.05, 3.63) is 34.3 Å². The van der Waals surface area contributed by atoms with E-state index in [0.29, 0.717) is 0 Å². The van der Waals surface area contributed by atoms with E-state index in [1.807, 2.05) is 18.2 Å². The number of nitrogen functional groups attached to an aromatic ring is 1. The van der Waals surface area contributed by atoms with Gasteiger partial charge in [0.1, 0.15) is 0 Å². The Hall–Kier alpha value is -0.280. The van der Waals surface area contributed by atoms with Gasteiger partial charge in [-0.3, -0.25) is 0 Å². The maximum Gasteiger partial charge on any atom is 0.0458 e. The lowest BCUT2D eigenvalue weighted by Gasteiger charge is -1.98. The summed E-state index contributed by atoms with van der Waals surface area (Å²) in [6.07, 6.45) is 5.26. The number of rotatable bonds is 3. The molecule has 13 heavy (non-hydrogen) atoms. The monoisotopic (exact) mass is 303 g/mol. The molecule has 0 aliphatic carbocycles. The van der Waals surface area contributed by atoms with Crippen LogP contribution in [0.15, 0.2) is 28.7 Å². The number of hydrogen-bond acceptors (Lipinski definition) is 1. The Morgan fingerprint density at radius 3 is 2.77 bits per heavy atom. The molecule has 0 heterocycles. The zero-order valence-corrected chi connectivity index (χ0v) is 10.3. The smallest absolute Gasteiger partial charge is 0.0458 e. The first-order chi connectivity index (χ1) is 6.24. The van der Waals surface area contributed by atoms with Gasteiger partial charge in [0.15, 0.2) is 0 Å². The van der Waals surface area contributed by atoms with E-state index in [2.05, 4.69) is 44.0 Å². The fourth-order valence-electron chi connectivity index (χ4n) is 0.929. The molecule has 0 spiro atoms. The third kappa shape index (κ3) is 3.53. The van der Waals surface area contributed by atoms with Gasteiger partial charge in [-0.25, -0.2) is 0 Å². The van der Waals surface area contributed by atoms with Gasteiger partial charge in [-0.05, 0) is 40.0 Å². The maximum atomic E-state index is 5.67. The molecule has 0 amide bonds. The molecule has 2 N–H and O–H groups in total. The second-order valence-corrected chi connectivity index (χ2v) is 4.31. The Morgan fingerprint density at radius 1 is 1.38 bits per heavy atom. The minimum absolute atomic E-state index is 0.776. The summed E-state index contributed by atoms with van der Waals surface area (Å²) in [6.45, 7) is 0. The highest BCUT2D eigenvalue weighted by molar-refractivity contribution is 9.10. The summed E-state index contributed by atoms with van der Waals surface area (Å²) in [5.41, 5.74) is 7.61. The van der Waals surface area contributed by atoms with Crippen LogP contribution in [0.1, 0.15) is 12.0 Å². The lowest BCUT2D eigenvalue weighted by Crippen LogP contribution is -1.85. The molecule has 0 aromatic heterocycles. The molecule has 0 saturated heterocycles. The standard InChI is InChI=1S/C10H11Br2N/c11-6-2-1-3-8-4-5-10(13)9(12)7-8/h1,3-5,7H,2,6,13H2. The van der Waals surface area contributed by atoms with Crippen molar-refractivity contribution in [2.75, 3.05) is 11.1 Å². The van der Waals surface area contributed by atoms with Crippen LogP contribution < -0.4 is 5.73 Å². The van der Waals surface area contributed by atoms with Gasteiger partial charge in [-0.2, -0.15) is 0 Å². The first-order valence-electron chi connectivity index (χ1n) is 4.01. The predicted molar refractivity (Wildman–Crippen MR) is 66.0 cm³/mol. The van der Waals surface area contributed by atoms with Crippen LogP contribution in [-0.4, -0.2) is 5.33 Å². The molecule has 1 aromatic rings. The van der Waals surface area contributed by atoms with E-state index < -0.39 is 0 Å². The molecule has 1 rings (SSSR count). The third-order valence-corrected chi connectivity index (χ3v) is 2.76. The molecule has 3 heteroatoms. The molecular formula is C10H11Br2N. The second kappa shape index (κ2) is 5.45. The van der Waals surface area contributed by atoms with Crippen LogP contribution >= 0.6 is 31.9 Å². The molecular weight excluding hydrogens is 294 g/mol. The first kappa shape index (κ1) is 10.8. The highest BCUT2D eigenvalue weighted by Crippen LogP contribution is 2.21. The molecule has 70 valence electrons. The van der Waals surface area contributed by atoms with E-state index in [4.69, 9.17) is 5.73 Å². The molecule has 0 aliphatic heterocycles. The highest BCUT2D eigenvalue weighted by Gasteiger charge is 1.94. The van der Waals surface area contributed by atoms with E-state index in [1.165, 1.54) is 5.56 Å². The average Bonchev–Trinajstić information content (AvgIpc) is 2.12. The van der Waals surface area contributed by atoms with E-state index in [0.717, 1.165) is 21.9 Å². The SMILES string of the molecule is Nc1ccc(C=CCCBr)cc1Br. The number of anilines is 1. The molecule has 0 unspecified atom stereocenters. The molecule has 1 aromatic carbocycles. The van der Waals surface area contributed by atoms with Gasteiger partial charge in [0.05, 0.1) is 0 Å². The Kier molecular flexibility index (Phi) is 4.53. The number of benzene rings is 1. The Balaban J connectivity index is 2.73. The van der Waals surface area contributed by atoms with Gasteiger partial charge in [0.2, 0.25) is 0 Å². The Bertz CT molecular complexity index is 308. The van der Waals surface area contributed by atoms with Gasteiger partial charge in [-0.15, -0.1) is 0 Å². The van der Waals surface area contributed by atoms with Crippen molar-refractivity contribution in [1.82, 2.24) is 0 Å². The van der Waals surface area contributed by atoms with Crippen LogP contribution in [0.25, 0.3) is 6.08 Å². The summed E-state index contributed by atoms with van der Waals surface area (Å²) in [5, 5.41) is 1.000. The van der Waals surface area contributed by atoms with Crippen molar-refractivity contribution in [3.8, 4) is 0 Å². The number of nitrogens with two attached hydrogens (primary N) is 1. The molecule has 1 nitrogen and oxygen atoms in total. The summed E-state index contributed by atoms with van der Waals surface area (Å²) in [4.78, 5) is 0. The van der Waals surface area contributed by atoms with Gasteiger partial charge in [0.25, 0.3) is 0 Å². The van der Waals surface area contributed by atoms with Crippen molar-refractivity contribution in [2.24, 2.45) is 0 Å². The summed E-state index contributed by atoms with van der Waals surface area (Å²) in [6, 6.07) is 5.92. The van der Waals surface area contributed by atoms with Crippen molar-refractivity contribution in [2.45, 2.75) is 6.42 Å². The third-order valence-electron chi connectivity index (χ3n) is 1.61. The van der Waals surface area contributed by atoms with Crippen LogP contribution in [0.5, 0.6) is 0 Å². The minimum Gasteiger partial charge on any atom is -0.398 e. The van der Waals surface area contributed by atoms with E-state index in [9.17, 15) is 0 Å². The molecule has 0 saturated carbocycles. The summed E-state index contributed by atoms with van der Waals surface area (Å²) < 4.78 is 0.952. The maximum absolute atomic E-state index is 5.67. The van der Waals surface area contributed by atoms with Gasteiger partial charge < -0.3 is 5.73 Å². The lowest BCUT2D eigenvalue weighted by atomic mass is 10.2. The quantitative estimate of drug-likeness (QED) is 0.666. The predicted octanol–water partition coefficient (Wildman–Crippen LogP) is 3.83. The van der Waals surface area contributed by atoms with Gasteiger partial charge in [0, 0.05) is 15.5 Å². The molecule has 0 radical (unpaired) electrons. The first-order valence-corrected chi connectivity index (χ1v) is 5.93. The van der Waals surface area contributed by atoms with Crippen molar-refractivity contribution in [3.63, 3.8) is 0 Å². The molecule has 0 atom stereocenters. The summed E-state index contributed by atoms with van der Waals surface area (Å²) in [5.74, 6) is 0. The van der Waals surface area contributed by atoms with Crippen LogP contribution in [0.4, 0.5) is 5.69 Å². The number of hydrogen-bond donors (Lipinski definition) is 1. The number of halogens is 2. The van der Waals surface area contributed by atoms with Gasteiger partial charge >= 0.3 is 0 Å². The fraction of sp³-hybridized carbons (Fsp3) is 0.200. The Morgan fingerprint density at radius 2 is 2.15 bits per heavy atom. The highest BCUT2D eigenvalue weighted by atomic mass is 79.9. The summed E-state index contributed by atoms with van der Waals surface area (Å²) in [7, 11) is 0. The molecule has 0 fully saturated rings. The van der Waals surface area contributed by atoms with Crippen molar-refractivity contribution >= 4 is 43.6 Å².